The molecule has 0 amide bonds. The molecular formula is C18H17ClF2O3S. The molecule has 0 aromatic heterocycles. The molecule has 1 unspecified atom stereocenters. The van der Waals surface area contributed by atoms with E-state index in [-0.39, 0.29) is 5.75 Å². The van der Waals surface area contributed by atoms with E-state index in [1.807, 2.05) is 12.3 Å². The molecule has 7 heteroatoms. The first-order valence-electron chi connectivity index (χ1n) is 7.37. The number of hydrogen-bond acceptors (Lipinski definition) is 3. The van der Waals surface area contributed by atoms with Crippen LogP contribution in [0.5, 0.6) is 5.75 Å². The molecule has 0 fully saturated rings. The molecule has 1 heterocycles. The summed E-state index contributed by atoms with van der Waals surface area (Å²) in [5.41, 5.74) is 1.60. The first kappa shape index (κ1) is 19.5. The van der Waals surface area contributed by atoms with Crippen LogP contribution in [0.1, 0.15) is 25.0 Å². The van der Waals surface area contributed by atoms with Gasteiger partial charge in [0, 0.05) is 17.5 Å². The van der Waals surface area contributed by atoms with Gasteiger partial charge in [-0.25, -0.2) is 13.6 Å². The molecule has 0 saturated carbocycles. The van der Waals surface area contributed by atoms with E-state index in [1.165, 1.54) is 23.9 Å². The molecule has 1 aliphatic rings. The van der Waals surface area contributed by atoms with E-state index < -0.39 is 23.6 Å². The fraction of sp³-hybridized carbons (Fsp3) is 0.278. The summed E-state index contributed by atoms with van der Waals surface area (Å²) >= 11 is 7.69. The van der Waals surface area contributed by atoms with E-state index in [2.05, 4.69) is 6.58 Å². The number of carboxylic acid groups (broad SMARTS) is 1. The second-order valence-electron chi connectivity index (χ2n) is 5.78. The Hall–Kier alpha value is -1.79. The highest BCUT2D eigenvalue weighted by molar-refractivity contribution is 8.04. The number of hydrogen-bond donors (Lipinski definition) is 1. The van der Waals surface area contributed by atoms with Crippen LogP contribution in [0, 0.1) is 0 Å². The van der Waals surface area contributed by atoms with Crippen LogP contribution in [0.2, 0.25) is 5.02 Å². The Morgan fingerprint density at radius 2 is 2.20 bits per heavy atom. The maximum Gasteiger partial charge on any atom is 0.335 e. The molecule has 0 saturated heterocycles. The number of rotatable bonds is 6. The minimum atomic E-state index is -3.34. The van der Waals surface area contributed by atoms with Crippen LogP contribution in [0.25, 0.3) is 6.08 Å². The van der Waals surface area contributed by atoms with Crippen LogP contribution in [0.15, 0.2) is 40.7 Å². The van der Waals surface area contributed by atoms with Gasteiger partial charge in [-0.3, -0.25) is 0 Å². The largest absolute Gasteiger partial charge is 0.478 e. The average molecular weight is 387 g/mol. The summed E-state index contributed by atoms with van der Waals surface area (Å²) in [6.45, 7) is 6.16. The zero-order valence-electron chi connectivity index (χ0n) is 13.7. The summed E-state index contributed by atoms with van der Waals surface area (Å²) in [7, 11) is 0. The molecule has 1 aliphatic heterocycles. The smallest absolute Gasteiger partial charge is 0.335 e. The highest BCUT2D eigenvalue weighted by Gasteiger charge is 2.44. The van der Waals surface area contributed by atoms with E-state index in [0.29, 0.717) is 29.5 Å². The van der Waals surface area contributed by atoms with Crippen molar-refractivity contribution in [2.75, 3.05) is 0 Å². The zero-order chi connectivity index (χ0) is 18.8. The first-order valence-corrected chi connectivity index (χ1v) is 8.69. The third-order valence-corrected chi connectivity index (χ3v) is 4.64. The van der Waals surface area contributed by atoms with Gasteiger partial charge in [-0.05, 0) is 47.9 Å². The molecule has 1 N–H and O–H groups in total. The Morgan fingerprint density at radius 1 is 1.52 bits per heavy atom. The van der Waals surface area contributed by atoms with E-state index >= 15 is 0 Å². The number of thioether (sulfide) groups is 1. The summed E-state index contributed by atoms with van der Waals surface area (Å²) in [6.07, 6.45) is -0.145. The summed E-state index contributed by atoms with van der Waals surface area (Å²) in [6, 6.07) is 3.12. The van der Waals surface area contributed by atoms with Crippen LogP contribution in [0.3, 0.4) is 0 Å². The molecule has 1 aromatic carbocycles. The summed E-state index contributed by atoms with van der Waals surface area (Å²) in [4.78, 5) is 11.3. The van der Waals surface area contributed by atoms with Crippen LogP contribution in [-0.2, 0) is 11.2 Å². The molecule has 25 heavy (non-hydrogen) atoms. The second-order valence-corrected chi connectivity index (χ2v) is 7.03. The fourth-order valence-corrected chi connectivity index (χ4v) is 3.10. The Bertz CT molecular complexity index is 766. The van der Waals surface area contributed by atoms with E-state index in [9.17, 15) is 18.7 Å². The Labute approximate surface area is 154 Å². The first-order chi connectivity index (χ1) is 11.6. The highest BCUT2D eigenvalue weighted by Crippen LogP contribution is 2.39. The normalized spacial score (nSPS) is 17.4. The number of carboxylic acids is 1. The minimum absolute atomic E-state index is 0.195. The number of aliphatic carboxylic acids is 1. The number of allylic oxidation sites excluding steroid dienone is 1. The molecule has 0 spiro atoms. The van der Waals surface area contributed by atoms with Crippen molar-refractivity contribution in [2.24, 2.45) is 0 Å². The van der Waals surface area contributed by atoms with Gasteiger partial charge in [0.05, 0.1) is 5.57 Å². The van der Waals surface area contributed by atoms with E-state index in [1.54, 1.807) is 11.5 Å². The van der Waals surface area contributed by atoms with Crippen LogP contribution >= 0.6 is 23.4 Å². The van der Waals surface area contributed by atoms with Crippen LogP contribution < -0.4 is 4.74 Å². The topological polar surface area (TPSA) is 46.5 Å². The standard InChI is InChI=1S/C18H17ClF2O3S/c1-4-25-9-10(2)5-11-8-15-12(7-14(11)19)6-13(17(22)23)16(24-15)18(3,20)21/h4,6-9,16H,1,5H2,2-3H3,(H,22,23)/b10-9+. The Balaban J connectivity index is 2.43. The molecule has 0 aliphatic carbocycles. The lowest BCUT2D eigenvalue weighted by molar-refractivity contribution is -0.137. The fourth-order valence-electron chi connectivity index (χ4n) is 2.45. The number of benzene rings is 1. The van der Waals surface area contributed by atoms with E-state index in [0.717, 1.165) is 5.57 Å². The summed E-state index contributed by atoms with van der Waals surface area (Å²) in [5.74, 6) is -4.59. The molecule has 3 nitrogen and oxygen atoms in total. The van der Waals surface area contributed by atoms with E-state index in [4.69, 9.17) is 16.3 Å². The second kappa shape index (κ2) is 7.62. The number of alkyl halides is 2. The van der Waals surface area contributed by atoms with Crippen molar-refractivity contribution in [1.82, 2.24) is 0 Å². The molecule has 1 aromatic rings. The van der Waals surface area contributed by atoms with Gasteiger partial charge in [0.25, 0.3) is 5.92 Å². The SMILES string of the molecule is C=CS/C=C(\C)Cc1cc2c(cc1Cl)C=C(C(=O)O)C(C(C)(F)F)O2. The van der Waals surface area contributed by atoms with Crippen molar-refractivity contribution in [3.63, 3.8) is 0 Å². The maximum atomic E-state index is 13.8. The van der Waals surface area contributed by atoms with Crippen molar-refractivity contribution < 1.29 is 23.4 Å². The number of fused-ring (bicyclic) bond motifs is 1. The van der Waals surface area contributed by atoms with Crippen molar-refractivity contribution in [3.05, 3.63) is 56.8 Å². The number of halogens is 3. The van der Waals surface area contributed by atoms with Gasteiger partial charge >= 0.3 is 5.97 Å². The quantitative estimate of drug-likeness (QED) is 0.696. The van der Waals surface area contributed by atoms with Gasteiger partial charge < -0.3 is 9.84 Å². The molecule has 2 rings (SSSR count). The molecular weight excluding hydrogens is 370 g/mol. The number of carbonyl (C=O) groups is 1. The van der Waals surface area contributed by atoms with Gasteiger partial charge in [0.2, 0.25) is 0 Å². The third kappa shape index (κ3) is 4.64. The predicted octanol–water partition coefficient (Wildman–Crippen LogP) is 5.55. The van der Waals surface area contributed by atoms with Gasteiger partial charge in [0.15, 0.2) is 6.10 Å². The van der Waals surface area contributed by atoms with Crippen molar-refractivity contribution in [1.29, 1.82) is 0 Å². The zero-order valence-corrected chi connectivity index (χ0v) is 15.3. The van der Waals surface area contributed by atoms with Crippen molar-refractivity contribution in [3.8, 4) is 5.75 Å². The van der Waals surface area contributed by atoms with Crippen molar-refractivity contribution >= 4 is 35.4 Å². The van der Waals surface area contributed by atoms with Gasteiger partial charge in [-0.15, -0.1) is 11.8 Å². The van der Waals surface area contributed by atoms with Crippen molar-refractivity contribution in [2.45, 2.75) is 32.3 Å². The number of ether oxygens (including phenoxy) is 1. The Kier molecular flexibility index (Phi) is 5.95. The lowest BCUT2D eigenvalue weighted by atomic mass is 9.96. The minimum Gasteiger partial charge on any atom is -0.478 e. The highest BCUT2D eigenvalue weighted by atomic mass is 35.5. The monoisotopic (exact) mass is 386 g/mol. The molecule has 0 radical (unpaired) electrons. The molecule has 0 bridgehead atoms. The summed E-state index contributed by atoms with van der Waals surface area (Å²) < 4.78 is 32.9. The molecule has 1 atom stereocenters. The van der Waals surface area contributed by atoms with Gasteiger partial charge in [-0.1, -0.05) is 23.8 Å². The van der Waals surface area contributed by atoms with Crippen LogP contribution in [0.4, 0.5) is 8.78 Å². The predicted molar refractivity (Wildman–Crippen MR) is 97.4 cm³/mol. The molecule has 134 valence electrons. The lowest BCUT2D eigenvalue weighted by Crippen LogP contribution is -2.41. The lowest BCUT2D eigenvalue weighted by Gasteiger charge is -2.29. The van der Waals surface area contributed by atoms with Crippen LogP contribution in [-0.4, -0.2) is 23.1 Å². The third-order valence-electron chi connectivity index (χ3n) is 3.56. The van der Waals surface area contributed by atoms with Gasteiger partial charge in [-0.2, -0.15) is 0 Å². The van der Waals surface area contributed by atoms with Gasteiger partial charge in [0.1, 0.15) is 5.75 Å². The average Bonchev–Trinajstić information content (AvgIpc) is 2.51. The maximum absolute atomic E-state index is 13.8. The summed E-state index contributed by atoms with van der Waals surface area (Å²) in [5, 5.41) is 13.2. The Morgan fingerprint density at radius 3 is 2.76 bits per heavy atom.